The molecular weight excluding hydrogens is 274 g/mol. The maximum absolute atomic E-state index is 12.2. The maximum Gasteiger partial charge on any atom is 0.236 e. The molecule has 0 aromatic heterocycles. The molecule has 1 aromatic rings. The molecule has 0 radical (unpaired) electrons. The van der Waals surface area contributed by atoms with Gasteiger partial charge in [-0.1, -0.05) is 29.8 Å². The van der Waals surface area contributed by atoms with Crippen LogP contribution in [-0.2, 0) is 11.3 Å². The summed E-state index contributed by atoms with van der Waals surface area (Å²) in [6.07, 6.45) is 0. The molecule has 1 aromatic carbocycles. The van der Waals surface area contributed by atoms with Crippen molar-refractivity contribution >= 4 is 5.91 Å². The van der Waals surface area contributed by atoms with E-state index >= 15 is 0 Å². The van der Waals surface area contributed by atoms with E-state index in [0.717, 1.165) is 45.8 Å². The number of benzene rings is 1. The smallest absolute Gasteiger partial charge is 0.236 e. The predicted molar refractivity (Wildman–Crippen MR) is 90.8 cm³/mol. The number of carbonyl (C=O) groups is 1. The Bertz CT molecular complexity index is 477. The van der Waals surface area contributed by atoms with Crippen molar-refractivity contribution in [3.05, 3.63) is 35.4 Å². The standard InChI is InChI=1S/C18H29N3O/c1-4-21(5-2)18(22)15-20-11-9-19(10-12-20)14-17-8-6-7-16(3)13-17/h6-8,13H,4-5,9-12,14-15H2,1-3H3. The Balaban J connectivity index is 1.77. The largest absolute Gasteiger partial charge is 0.342 e. The molecule has 0 saturated carbocycles. The molecule has 0 unspecified atom stereocenters. The molecule has 0 atom stereocenters. The lowest BCUT2D eigenvalue weighted by molar-refractivity contribution is -0.132. The summed E-state index contributed by atoms with van der Waals surface area (Å²) in [6, 6.07) is 8.73. The minimum Gasteiger partial charge on any atom is -0.342 e. The zero-order chi connectivity index (χ0) is 15.9. The average Bonchev–Trinajstić information content (AvgIpc) is 2.50. The lowest BCUT2D eigenvalue weighted by atomic mass is 10.1. The highest BCUT2D eigenvalue weighted by atomic mass is 16.2. The molecule has 1 fully saturated rings. The van der Waals surface area contributed by atoms with E-state index in [1.807, 2.05) is 18.7 Å². The highest BCUT2D eigenvalue weighted by Crippen LogP contribution is 2.10. The Morgan fingerprint density at radius 2 is 1.73 bits per heavy atom. The first-order chi connectivity index (χ1) is 10.6. The second-order valence-electron chi connectivity index (χ2n) is 6.11. The van der Waals surface area contributed by atoms with Gasteiger partial charge in [-0.2, -0.15) is 0 Å². The van der Waals surface area contributed by atoms with Crippen molar-refractivity contribution in [3.63, 3.8) is 0 Å². The molecule has 4 heteroatoms. The highest BCUT2D eigenvalue weighted by molar-refractivity contribution is 5.78. The van der Waals surface area contributed by atoms with Crippen LogP contribution in [0.25, 0.3) is 0 Å². The summed E-state index contributed by atoms with van der Waals surface area (Å²) in [5, 5.41) is 0. The molecular formula is C18H29N3O. The number of carbonyl (C=O) groups excluding carboxylic acids is 1. The summed E-state index contributed by atoms with van der Waals surface area (Å²) >= 11 is 0. The van der Waals surface area contributed by atoms with E-state index in [2.05, 4.69) is 41.0 Å². The van der Waals surface area contributed by atoms with Gasteiger partial charge >= 0.3 is 0 Å². The average molecular weight is 303 g/mol. The molecule has 2 rings (SSSR count). The van der Waals surface area contributed by atoms with Gasteiger partial charge in [0.2, 0.25) is 5.91 Å². The van der Waals surface area contributed by atoms with Gasteiger partial charge in [0.05, 0.1) is 6.54 Å². The molecule has 0 aliphatic carbocycles. The molecule has 122 valence electrons. The molecule has 4 nitrogen and oxygen atoms in total. The van der Waals surface area contributed by atoms with E-state index in [1.54, 1.807) is 0 Å². The monoisotopic (exact) mass is 303 g/mol. The van der Waals surface area contributed by atoms with E-state index in [9.17, 15) is 4.79 Å². The van der Waals surface area contributed by atoms with Crippen LogP contribution in [0.3, 0.4) is 0 Å². The van der Waals surface area contributed by atoms with Crippen LogP contribution in [0.1, 0.15) is 25.0 Å². The fraction of sp³-hybridized carbons (Fsp3) is 0.611. The third kappa shape index (κ3) is 4.82. The second-order valence-corrected chi connectivity index (χ2v) is 6.11. The maximum atomic E-state index is 12.2. The minimum absolute atomic E-state index is 0.261. The summed E-state index contributed by atoms with van der Waals surface area (Å²) in [5.74, 6) is 0.261. The van der Waals surface area contributed by atoms with Crippen LogP contribution in [0.4, 0.5) is 0 Å². The van der Waals surface area contributed by atoms with E-state index < -0.39 is 0 Å². The lowest BCUT2D eigenvalue weighted by Gasteiger charge is -2.35. The number of aryl methyl sites for hydroxylation is 1. The van der Waals surface area contributed by atoms with E-state index in [-0.39, 0.29) is 5.91 Å². The first kappa shape index (κ1) is 17.0. The van der Waals surface area contributed by atoms with Gasteiger partial charge in [-0.05, 0) is 26.3 Å². The van der Waals surface area contributed by atoms with E-state index in [4.69, 9.17) is 0 Å². The van der Waals surface area contributed by atoms with Crippen LogP contribution in [0.15, 0.2) is 24.3 Å². The highest BCUT2D eigenvalue weighted by Gasteiger charge is 2.20. The van der Waals surface area contributed by atoms with Gasteiger partial charge in [0.15, 0.2) is 0 Å². The van der Waals surface area contributed by atoms with Gasteiger partial charge in [-0.3, -0.25) is 14.6 Å². The number of nitrogens with zero attached hydrogens (tertiary/aromatic N) is 3. The summed E-state index contributed by atoms with van der Waals surface area (Å²) in [7, 11) is 0. The van der Waals surface area contributed by atoms with E-state index in [1.165, 1.54) is 11.1 Å². The quantitative estimate of drug-likeness (QED) is 0.804. The number of hydrogen-bond donors (Lipinski definition) is 0. The van der Waals surface area contributed by atoms with Crippen LogP contribution < -0.4 is 0 Å². The van der Waals surface area contributed by atoms with Crippen LogP contribution in [0, 0.1) is 6.92 Å². The van der Waals surface area contributed by atoms with Gasteiger partial charge in [0, 0.05) is 45.8 Å². The molecule has 0 spiro atoms. The predicted octanol–water partition coefficient (Wildman–Crippen LogP) is 1.98. The fourth-order valence-corrected chi connectivity index (χ4v) is 3.04. The molecule has 1 heterocycles. The van der Waals surface area contributed by atoms with Crippen molar-refractivity contribution in [3.8, 4) is 0 Å². The van der Waals surface area contributed by atoms with Crippen molar-refractivity contribution in [2.75, 3.05) is 45.8 Å². The van der Waals surface area contributed by atoms with Crippen molar-refractivity contribution in [2.24, 2.45) is 0 Å². The van der Waals surface area contributed by atoms with E-state index in [0.29, 0.717) is 6.54 Å². The van der Waals surface area contributed by atoms with Gasteiger partial charge < -0.3 is 4.90 Å². The lowest BCUT2D eigenvalue weighted by Crippen LogP contribution is -2.49. The number of hydrogen-bond acceptors (Lipinski definition) is 3. The Kier molecular flexibility index (Phi) is 6.40. The second kappa shape index (κ2) is 8.30. The van der Waals surface area contributed by atoms with Crippen LogP contribution >= 0.6 is 0 Å². The van der Waals surface area contributed by atoms with Crippen LogP contribution in [0.5, 0.6) is 0 Å². The first-order valence-electron chi connectivity index (χ1n) is 8.40. The van der Waals surface area contributed by atoms with Crippen LogP contribution in [0.2, 0.25) is 0 Å². The first-order valence-corrected chi connectivity index (χ1v) is 8.40. The topological polar surface area (TPSA) is 26.8 Å². The van der Waals surface area contributed by atoms with Crippen molar-refractivity contribution in [1.29, 1.82) is 0 Å². The molecule has 0 N–H and O–H groups in total. The van der Waals surface area contributed by atoms with Gasteiger partial charge in [-0.25, -0.2) is 0 Å². The third-order valence-corrected chi connectivity index (χ3v) is 4.43. The summed E-state index contributed by atoms with van der Waals surface area (Å²) in [6.45, 7) is 13.5. The SMILES string of the molecule is CCN(CC)C(=O)CN1CCN(Cc2cccc(C)c2)CC1. The fourth-order valence-electron chi connectivity index (χ4n) is 3.04. The molecule has 1 aliphatic heterocycles. The molecule has 22 heavy (non-hydrogen) atoms. The minimum atomic E-state index is 0.261. The number of amides is 1. The molecule has 1 saturated heterocycles. The van der Waals surface area contributed by atoms with Crippen LogP contribution in [-0.4, -0.2) is 66.4 Å². The number of rotatable bonds is 6. The number of piperazine rings is 1. The van der Waals surface area contributed by atoms with Crippen molar-refractivity contribution in [1.82, 2.24) is 14.7 Å². The summed E-state index contributed by atoms with van der Waals surface area (Å²) < 4.78 is 0. The molecule has 1 aliphatic rings. The Morgan fingerprint density at radius 1 is 1.09 bits per heavy atom. The normalized spacial score (nSPS) is 16.7. The third-order valence-electron chi connectivity index (χ3n) is 4.43. The Hall–Kier alpha value is -1.39. The zero-order valence-electron chi connectivity index (χ0n) is 14.2. The molecule has 1 amide bonds. The zero-order valence-corrected chi connectivity index (χ0v) is 14.2. The number of likely N-dealkylation sites (N-methyl/N-ethyl adjacent to an activating group) is 1. The van der Waals surface area contributed by atoms with Gasteiger partial charge in [0.25, 0.3) is 0 Å². The van der Waals surface area contributed by atoms with Gasteiger partial charge in [0.1, 0.15) is 0 Å². The van der Waals surface area contributed by atoms with Gasteiger partial charge in [-0.15, -0.1) is 0 Å². The van der Waals surface area contributed by atoms with Crippen molar-refractivity contribution in [2.45, 2.75) is 27.3 Å². The molecule has 0 bridgehead atoms. The Labute approximate surface area is 134 Å². The summed E-state index contributed by atoms with van der Waals surface area (Å²) in [5.41, 5.74) is 2.70. The van der Waals surface area contributed by atoms with Crippen molar-refractivity contribution < 1.29 is 4.79 Å². The Morgan fingerprint density at radius 3 is 2.32 bits per heavy atom. The summed E-state index contributed by atoms with van der Waals surface area (Å²) in [4.78, 5) is 18.8.